The molecule has 0 aliphatic heterocycles. The van der Waals surface area contributed by atoms with Gasteiger partial charge < -0.3 is 4.74 Å². The van der Waals surface area contributed by atoms with Crippen molar-refractivity contribution < 1.29 is 13.2 Å². The summed E-state index contributed by atoms with van der Waals surface area (Å²) in [5, 5.41) is 0.945. The Morgan fingerprint density at radius 1 is 1.04 bits per heavy atom. The predicted octanol–water partition coefficient (Wildman–Crippen LogP) is 3.38. The molecule has 5 heteroatoms. The first-order valence-corrected chi connectivity index (χ1v) is 8.88. The molecule has 2 aromatic carbocycles. The van der Waals surface area contributed by atoms with Crippen LogP contribution in [-0.2, 0) is 21.2 Å². The van der Waals surface area contributed by atoms with Gasteiger partial charge in [-0.25, -0.2) is 12.4 Å². The lowest BCUT2D eigenvalue weighted by Gasteiger charge is -2.09. The van der Waals surface area contributed by atoms with E-state index in [2.05, 4.69) is 0 Å². The van der Waals surface area contributed by atoms with E-state index in [9.17, 15) is 8.42 Å². The van der Waals surface area contributed by atoms with Gasteiger partial charge in [0.05, 0.1) is 17.0 Å². The lowest BCUT2D eigenvalue weighted by molar-refractivity contribution is 0.202. The fourth-order valence-corrected chi connectivity index (χ4v) is 4.02. The van der Waals surface area contributed by atoms with E-state index < -0.39 is 10.0 Å². The molecule has 0 radical (unpaired) electrons. The molecule has 120 valence electrons. The SMILES string of the molecule is COCCc1cccc2c1ccn2S(=O)(=O)c1ccc(C)cc1. The smallest absolute Gasteiger partial charge is 0.268 e. The summed E-state index contributed by atoms with van der Waals surface area (Å²) in [5.41, 5.74) is 2.81. The third-order valence-corrected chi connectivity index (χ3v) is 5.64. The molecule has 1 heterocycles. The molecule has 0 saturated heterocycles. The van der Waals surface area contributed by atoms with Gasteiger partial charge in [-0.1, -0.05) is 29.8 Å². The van der Waals surface area contributed by atoms with Crippen LogP contribution >= 0.6 is 0 Å². The number of rotatable bonds is 5. The van der Waals surface area contributed by atoms with Gasteiger partial charge in [-0.2, -0.15) is 0 Å². The van der Waals surface area contributed by atoms with Gasteiger partial charge in [0.1, 0.15) is 0 Å². The molecule has 4 nitrogen and oxygen atoms in total. The summed E-state index contributed by atoms with van der Waals surface area (Å²) in [4.78, 5) is 0.294. The molecule has 0 spiro atoms. The van der Waals surface area contributed by atoms with Crippen LogP contribution in [-0.4, -0.2) is 26.1 Å². The molecule has 0 fully saturated rings. The molecule has 3 rings (SSSR count). The van der Waals surface area contributed by atoms with Gasteiger partial charge in [0.25, 0.3) is 10.0 Å². The maximum Gasteiger partial charge on any atom is 0.268 e. The van der Waals surface area contributed by atoms with Crippen molar-refractivity contribution >= 4 is 20.9 Å². The molecular weight excluding hydrogens is 310 g/mol. The molecule has 1 aromatic heterocycles. The van der Waals surface area contributed by atoms with Crippen molar-refractivity contribution in [2.75, 3.05) is 13.7 Å². The van der Waals surface area contributed by atoms with Crippen LogP contribution < -0.4 is 0 Å². The Bertz CT molecular complexity index is 925. The quantitative estimate of drug-likeness (QED) is 0.721. The first kappa shape index (κ1) is 15.8. The number of aryl methyl sites for hydroxylation is 1. The summed E-state index contributed by atoms with van der Waals surface area (Å²) < 4.78 is 32.2. The molecule has 0 bridgehead atoms. The Morgan fingerprint density at radius 3 is 2.48 bits per heavy atom. The number of methoxy groups -OCH3 is 1. The number of benzene rings is 2. The minimum Gasteiger partial charge on any atom is -0.384 e. The first-order valence-electron chi connectivity index (χ1n) is 7.44. The largest absolute Gasteiger partial charge is 0.384 e. The minimum absolute atomic E-state index is 0.294. The third-order valence-electron chi connectivity index (χ3n) is 3.94. The van der Waals surface area contributed by atoms with Gasteiger partial charge in [-0.3, -0.25) is 0 Å². The summed E-state index contributed by atoms with van der Waals surface area (Å²) in [6, 6.07) is 14.5. The number of aromatic nitrogens is 1. The average molecular weight is 329 g/mol. The number of hydrogen-bond acceptors (Lipinski definition) is 3. The van der Waals surface area contributed by atoms with Gasteiger partial charge in [-0.05, 0) is 43.2 Å². The van der Waals surface area contributed by atoms with Crippen LogP contribution in [0.15, 0.2) is 59.6 Å². The summed E-state index contributed by atoms with van der Waals surface area (Å²) in [6.07, 6.45) is 2.37. The Balaban J connectivity index is 2.11. The van der Waals surface area contributed by atoms with Crippen LogP contribution in [0.25, 0.3) is 10.9 Å². The molecular formula is C18H19NO3S. The Hall–Kier alpha value is -2.11. The zero-order chi connectivity index (χ0) is 16.4. The minimum atomic E-state index is -3.59. The average Bonchev–Trinajstić information content (AvgIpc) is 2.98. The van der Waals surface area contributed by atoms with Gasteiger partial charge in [0, 0.05) is 18.7 Å². The highest BCUT2D eigenvalue weighted by molar-refractivity contribution is 7.90. The normalized spacial score (nSPS) is 11.9. The second-order valence-corrected chi connectivity index (χ2v) is 7.34. The molecule has 0 unspecified atom stereocenters. The lowest BCUT2D eigenvalue weighted by Crippen LogP contribution is -2.11. The summed E-state index contributed by atoms with van der Waals surface area (Å²) in [7, 11) is -1.93. The monoisotopic (exact) mass is 329 g/mol. The second kappa shape index (κ2) is 6.18. The van der Waals surface area contributed by atoms with Crippen LogP contribution in [0, 0.1) is 6.92 Å². The van der Waals surface area contributed by atoms with E-state index in [4.69, 9.17) is 4.74 Å². The third kappa shape index (κ3) is 2.90. The zero-order valence-electron chi connectivity index (χ0n) is 13.2. The first-order chi connectivity index (χ1) is 11.0. The number of hydrogen-bond donors (Lipinski definition) is 0. The highest BCUT2D eigenvalue weighted by atomic mass is 32.2. The van der Waals surface area contributed by atoms with Gasteiger partial charge >= 0.3 is 0 Å². The van der Waals surface area contributed by atoms with Crippen molar-refractivity contribution in [2.45, 2.75) is 18.2 Å². The maximum atomic E-state index is 12.9. The Kier molecular flexibility index (Phi) is 4.24. The van der Waals surface area contributed by atoms with Crippen LogP contribution in [0.1, 0.15) is 11.1 Å². The van der Waals surface area contributed by atoms with Crippen molar-refractivity contribution in [3.63, 3.8) is 0 Å². The summed E-state index contributed by atoms with van der Waals surface area (Å²) >= 11 is 0. The van der Waals surface area contributed by atoms with E-state index in [1.165, 1.54) is 3.97 Å². The van der Waals surface area contributed by atoms with Crippen LogP contribution in [0.2, 0.25) is 0 Å². The van der Waals surface area contributed by atoms with E-state index in [1.54, 1.807) is 25.4 Å². The maximum absolute atomic E-state index is 12.9. The lowest BCUT2D eigenvalue weighted by atomic mass is 10.1. The van der Waals surface area contributed by atoms with E-state index in [0.717, 1.165) is 22.9 Å². The van der Waals surface area contributed by atoms with E-state index in [0.29, 0.717) is 17.0 Å². The molecule has 0 atom stereocenters. The topological polar surface area (TPSA) is 48.3 Å². The molecule has 0 N–H and O–H groups in total. The van der Waals surface area contributed by atoms with Crippen LogP contribution in [0.4, 0.5) is 0 Å². The summed E-state index contributed by atoms with van der Waals surface area (Å²) in [5.74, 6) is 0. The molecule has 3 aromatic rings. The second-order valence-electron chi connectivity index (χ2n) is 5.52. The van der Waals surface area contributed by atoms with Crippen molar-refractivity contribution in [2.24, 2.45) is 0 Å². The van der Waals surface area contributed by atoms with Crippen molar-refractivity contribution in [1.82, 2.24) is 3.97 Å². The number of nitrogens with zero attached hydrogens (tertiary/aromatic N) is 1. The van der Waals surface area contributed by atoms with Gasteiger partial charge in [-0.15, -0.1) is 0 Å². The van der Waals surface area contributed by atoms with E-state index in [-0.39, 0.29) is 0 Å². The number of ether oxygens (including phenoxy) is 1. The molecule has 0 aliphatic rings. The fourth-order valence-electron chi connectivity index (χ4n) is 2.67. The fraction of sp³-hybridized carbons (Fsp3) is 0.222. The van der Waals surface area contributed by atoms with E-state index >= 15 is 0 Å². The molecule has 0 amide bonds. The zero-order valence-corrected chi connectivity index (χ0v) is 14.0. The number of fused-ring (bicyclic) bond motifs is 1. The molecule has 0 saturated carbocycles. The van der Waals surface area contributed by atoms with Crippen molar-refractivity contribution in [1.29, 1.82) is 0 Å². The Morgan fingerprint density at radius 2 is 1.78 bits per heavy atom. The van der Waals surface area contributed by atoms with Crippen LogP contribution in [0.3, 0.4) is 0 Å². The van der Waals surface area contributed by atoms with E-state index in [1.807, 2.05) is 43.3 Å². The van der Waals surface area contributed by atoms with Crippen molar-refractivity contribution in [3.8, 4) is 0 Å². The molecule has 0 aliphatic carbocycles. The highest BCUT2D eigenvalue weighted by Crippen LogP contribution is 2.25. The van der Waals surface area contributed by atoms with Crippen molar-refractivity contribution in [3.05, 3.63) is 65.9 Å². The Labute approximate surface area is 136 Å². The predicted molar refractivity (Wildman–Crippen MR) is 91.3 cm³/mol. The molecule has 23 heavy (non-hydrogen) atoms. The van der Waals surface area contributed by atoms with Crippen LogP contribution in [0.5, 0.6) is 0 Å². The summed E-state index contributed by atoms with van der Waals surface area (Å²) in [6.45, 7) is 2.54. The van der Waals surface area contributed by atoms with Gasteiger partial charge in [0.2, 0.25) is 0 Å². The van der Waals surface area contributed by atoms with Gasteiger partial charge in [0.15, 0.2) is 0 Å². The highest BCUT2D eigenvalue weighted by Gasteiger charge is 2.19. The standard InChI is InChI=1S/C18H19NO3S/c1-14-6-8-16(9-7-14)23(20,21)19-12-10-17-15(11-13-22-2)4-3-5-18(17)19/h3-10,12H,11,13H2,1-2H3.